The third kappa shape index (κ3) is 14.1. The van der Waals surface area contributed by atoms with Gasteiger partial charge in [0.05, 0.1) is 75.8 Å². The Morgan fingerprint density at radius 2 is 1.06 bits per heavy atom. The minimum atomic E-state index is -1.68. The molecule has 0 aromatic carbocycles. The number of nitrogens with zero attached hydrogens (tertiary/aromatic N) is 5. The number of methoxy groups -OCH3 is 1. The Balaban J connectivity index is 0.000000211. The maximum Gasteiger partial charge on any atom is 0.307 e. The van der Waals surface area contributed by atoms with E-state index < -0.39 is 66.1 Å². The van der Waals surface area contributed by atoms with Crippen molar-refractivity contribution >= 4 is 43.9 Å². The number of rotatable bonds is 22. The summed E-state index contributed by atoms with van der Waals surface area (Å²) in [4.78, 5) is 62.7. The van der Waals surface area contributed by atoms with E-state index in [0.717, 1.165) is 88.9 Å². The quantitative estimate of drug-likeness (QED) is 0.0390. The number of hydrogen-bond donors (Lipinski definition) is 9. The molecular weight excluding hydrogens is 1410 g/mol. The number of H-pyrrole nitrogens is 1. The van der Waals surface area contributed by atoms with E-state index in [-0.39, 0.29) is 122 Å². The number of anilines is 2. The van der Waals surface area contributed by atoms with Gasteiger partial charge in [-0.2, -0.15) is 9.97 Å². The molecule has 10 aliphatic rings. The molecule has 23 nitrogen and oxygen atoms in total. The molecule has 4 heterocycles. The molecule has 12 rings (SSSR count). The van der Waals surface area contributed by atoms with Crippen molar-refractivity contribution in [1.29, 1.82) is 0 Å². The number of primary amides is 1. The first-order valence-corrected chi connectivity index (χ1v) is 44.5. The summed E-state index contributed by atoms with van der Waals surface area (Å²) in [5, 5.41) is 32.8. The van der Waals surface area contributed by atoms with Crippen molar-refractivity contribution < 1.29 is 53.1 Å². The van der Waals surface area contributed by atoms with Gasteiger partial charge in [-0.15, -0.1) is 10.2 Å². The Morgan fingerprint density at radius 3 is 1.45 bits per heavy atom. The predicted molar refractivity (Wildman–Crippen MR) is 436 cm³/mol. The average Bonchev–Trinajstić information content (AvgIpc) is 0.752. The van der Waals surface area contributed by atoms with Gasteiger partial charge in [0.2, 0.25) is 23.5 Å². The highest BCUT2D eigenvalue weighted by atomic mass is 28.3. The molecule has 2 amide bonds. The van der Waals surface area contributed by atoms with Crippen molar-refractivity contribution in [1.82, 2.24) is 34.9 Å². The molecule has 2 aromatic rings. The second-order valence-corrected chi connectivity index (χ2v) is 45.6. The van der Waals surface area contributed by atoms with Crippen molar-refractivity contribution in [2.24, 2.45) is 142 Å². The number of fused-ring (bicyclic) bond motifs is 6. The lowest BCUT2D eigenvalue weighted by atomic mass is 9.34. The minimum absolute atomic E-state index is 0. The number of carboxylic acids is 2. The Morgan fingerprint density at radius 1 is 0.636 bits per heavy atom. The van der Waals surface area contributed by atoms with Crippen LogP contribution in [-0.4, -0.2) is 148 Å². The van der Waals surface area contributed by atoms with E-state index >= 15 is 0 Å². The third-order valence-corrected chi connectivity index (χ3v) is 39.4. The number of aromatic amines is 1. The van der Waals surface area contributed by atoms with Crippen molar-refractivity contribution in [3.05, 3.63) is 34.9 Å². The molecule has 0 spiro atoms. The molecule has 1 unspecified atom stereocenters. The van der Waals surface area contributed by atoms with Crippen LogP contribution in [0.15, 0.2) is 23.3 Å². The van der Waals surface area contributed by atoms with Gasteiger partial charge in [-0.25, -0.2) is 4.68 Å². The topological polar surface area (TPSA) is 369 Å². The van der Waals surface area contributed by atoms with Gasteiger partial charge in [0.1, 0.15) is 0 Å². The van der Waals surface area contributed by atoms with Crippen LogP contribution < -0.4 is 33.7 Å². The number of carbonyl (C=O) groups is 4. The number of aliphatic carboxylic acids is 2. The SMILES string of the molecule is C.CC(C)[C@@H](C)[C@@]1(C)CC[C@]2(C)[C@H]3CC[C@@H]4[C@@]5(COC[C@@]4(C)[C@@H](OC[C@](C)(N)C(C)C)[C@H](n4nc(N)nc4C(N)=O)C5)C3=CC[C@@]2(C)[C@@H]1C(=O)O.CC[Si](CC)(CC)NC(=O)c1nc(N)n[nH]1.COC1C[C@@]23COC[C@](C)([C@@H]2CC[C@H]2C3=CC[C@@]3(C)[C@H](C(=O)O)[C@@](C)([C@H](C)C(C)C)CC[C@]23C)[C@H]1OC[C@](C)(N)C(C)C. The molecule has 6 saturated carbocycles. The summed E-state index contributed by atoms with van der Waals surface area (Å²) in [5.74, 6) is 0.493. The van der Waals surface area contributed by atoms with Crippen LogP contribution in [0.25, 0.3) is 0 Å². The van der Waals surface area contributed by atoms with Crippen LogP contribution in [0, 0.1) is 125 Å². The number of carbonyl (C=O) groups excluding carboxylic acids is 2. The van der Waals surface area contributed by atoms with Crippen molar-refractivity contribution in [3.8, 4) is 0 Å². The molecule has 0 radical (unpaired) electrons. The lowest BCUT2D eigenvalue weighted by Gasteiger charge is -2.71. The number of nitrogen functional groups attached to an aromatic ring is 2. The van der Waals surface area contributed by atoms with Crippen LogP contribution in [0.2, 0.25) is 18.1 Å². The molecule has 624 valence electrons. The lowest BCUT2D eigenvalue weighted by Crippen LogP contribution is -2.70. The Labute approximate surface area is 661 Å². The van der Waals surface area contributed by atoms with E-state index in [2.05, 4.69) is 195 Å². The first kappa shape index (κ1) is 89.1. The van der Waals surface area contributed by atoms with Crippen molar-refractivity contribution in [2.45, 2.75) is 297 Å². The van der Waals surface area contributed by atoms with Crippen LogP contribution in [0.3, 0.4) is 0 Å². The van der Waals surface area contributed by atoms with E-state index in [9.17, 15) is 29.4 Å². The molecule has 2 saturated heterocycles. The van der Waals surface area contributed by atoms with Crippen LogP contribution in [0.5, 0.6) is 0 Å². The summed E-state index contributed by atoms with van der Waals surface area (Å²) >= 11 is 0. The Bertz CT molecular complexity index is 3710. The van der Waals surface area contributed by atoms with Crippen molar-refractivity contribution in [3.63, 3.8) is 0 Å². The minimum Gasteiger partial charge on any atom is -0.481 e. The largest absolute Gasteiger partial charge is 0.481 e. The van der Waals surface area contributed by atoms with E-state index in [4.69, 9.17) is 52.4 Å². The second kappa shape index (κ2) is 31.3. The van der Waals surface area contributed by atoms with Gasteiger partial charge in [-0.1, -0.05) is 176 Å². The van der Waals surface area contributed by atoms with E-state index in [1.165, 1.54) is 5.57 Å². The molecule has 2 aromatic heterocycles. The fourth-order valence-corrected chi connectivity index (χ4v) is 28.1. The van der Waals surface area contributed by atoms with Gasteiger partial charge < -0.3 is 67.5 Å². The number of nitrogens with two attached hydrogens (primary N) is 5. The van der Waals surface area contributed by atoms with Gasteiger partial charge in [0, 0.05) is 39.8 Å². The van der Waals surface area contributed by atoms with E-state index in [1.807, 2.05) is 14.0 Å². The van der Waals surface area contributed by atoms with Crippen LogP contribution in [0.1, 0.15) is 271 Å². The summed E-state index contributed by atoms with van der Waals surface area (Å²) in [6.07, 6.45) is 15.5. The molecule has 8 aliphatic carbocycles. The normalized spacial score (nSPS) is 39.9. The van der Waals surface area contributed by atoms with Gasteiger partial charge in [0.25, 0.3) is 11.8 Å². The molecule has 8 fully saturated rings. The zero-order valence-corrected chi connectivity index (χ0v) is 72.4. The highest BCUT2D eigenvalue weighted by Gasteiger charge is 2.75. The monoisotopic (exact) mass is 1560 g/mol. The fraction of sp³-hybridized carbons (Fsp3) is 0.860. The van der Waals surface area contributed by atoms with E-state index in [0.29, 0.717) is 81.4 Å². The maximum absolute atomic E-state index is 13.5. The van der Waals surface area contributed by atoms with Gasteiger partial charge in [0.15, 0.2) is 8.24 Å². The maximum atomic E-state index is 13.5. The summed E-state index contributed by atoms with van der Waals surface area (Å²) in [5.41, 5.74) is 30.1. The molecular formula is C86H150N12O11Si. The molecule has 110 heavy (non-hydrogen) atoms. The third-order valence-electron chi connectivity index (χ3n) is 34.6. The second-order valence-electron chi connectivity index (χ2n) is 40.7. The van der Waals surface area contributed by atoms with Gasteiger partial charge in [-0.3, -0.25) is 24.3 Å². The summed E-state index contributed by atoms with van der Waals surface area (Å²) in [6, 6.07) is 2.67. The van der Waals surface area contributed by atoms with Crippen LogP contribution in [-0.2, 0) is 33.3 Å². The molecule has 4 bridgehead atoms. The molecule has 2 aliphatic heterocycles. The number of ether oxygens (including phenoxy) is 5. The number of hydrogen-bond acceptors (Lipinski definition) is 17. The number of allylic oxidation sites excluding steroid dienone is 2. The first-order chi connectivity index (χ1) is 50.5. The Kier molecular flexibility index (Phi) is 25.4. The van der Waals surface area contributed by atoms with Crippen LogP contribution >= 0.6 is 0 Å². The standard InChI is InChI=1S/C39H64N6O5.C37H63NO5.C9H19N5OSi.CH4/c1-21(2)23(5)34(6)15-16-36(8)24-11-12-27-35(7)18-49-20-39(27,25(24)13-14-37(36,9)28(34)32(47)48)17-26(29(35)50-19-38(10,42)22(3)4)45-31(30(40)46)43-33(41)44-45;1-22(2)24(5)32(6)16-17-34(8)25-12-13-28-33(7)19-42-21-37(28,26(25)14-15-35(34,9)29(32)31(39)40)18-27(41-11)30(33)43-20-36(10,38)23(3)4;1-4-16(5-2,6-3)14-8(15)7-11-9(10)13-12-7;/h13,21-24,26-29H,11-12,14-20,42H2,1-10H3,(H2,40,46)(H2,41,44)(H,47,48);14,22-25,27-30H,12-13,15-21,38H2,1-11H3,(H,39,40);4-6H2,1-3H3,(H,14,15)(H3,10,11,12,13);1H4/t23-,24+,26-,27+,28-,29+,34-,35-,36-,37+,38+,39+;24-,25+,27?,28+,29-,30+,32-,33-,34-,35+,36+,37+;;/m11../s1. The molecule has 24 atom stereocenters. The van der Waals surface area contributed by atoms with Gasteiger partial charge >= 0.3 is 11.9 Å². The first-order valence-electron chi connectivity index (χ1n) is 41.9. The van der Waals surface area contributed by atoms with E-state index in [1.54, 1.807) is 10.3 Å². The van der Waals surface area contributed by atoms with Crippen molar-refractivity contribution in [2.75, 3.05) is 58.2 Å². The average molecular weight is 1560 g/mol. The zero-order valence-electron chi connectivity index (χ0n) is 71.4. The number of nitrogens with one attached hydrogen (secondary N) is 2. The van der Waals surface area contributed by atoms with Gasteiger partial charge in [-0.05, 0) is 201 Å². The number of amides is 2. The Hall–Kier alpha value is -4.82. The number of aromatic nitrogens is 6. The predicted octanol–water partition coefficient (Wildman–Crippen LogP) is 15.0. The number of carboxylic acid groups (broad SMARTS) is 2. The highest BCUT2D eigenvalue weighted by Crippen LogP contribution is 2.78. The highest BCUT2D eigenvalue weighted by molar-refractivity contribution is 6.79. The lowest BCUT2D eigenvalue weighted by molar-refractivity contribution is -0.269. The van der Waals surface area contributed by atoms with Crippen LogP contribution in [0.4, 0.5) is 11.9 Å². The molecule has 24 heteroatoms. The molecule has 14 N–H and O–H groups in total. The summed E-state index contributed by atoms with van der Waals surface area (Å²) in [6.45, 7) is 54.4. The fourth-order valence-electron chi connectivity index (χ4n) is 25.5. The smallest absolute Gasteiger partial charge is 0.307 e. The zero-order chi connectivity index (χ0) is 81.1. The summed E-state index contributed by atoms with van der Waals surface area (Å²) in [7, 11) is 0.156. The summed E-state index contributed by atoms with van der Waals surface area (Å²) < 4.78 is 34.9.